The van der Waals surface area contributed by atoms with E-state index in [-0.39, 0.29) is 5.92 Å². The molecular formula is C18H22N2O2. The van der Waals surface area contributed by atoms with Gasteiger partial charge in [-0.25, -0.2) is 0 Å². The lowest BCUT2D eigenvalue weighted by atomic mass is 9.82. The van der Waals surface area contributed by atoms with E-state index in [2.05, 4.69) is 28.5 Å². The van der Waals surface area contributed by atoms with E-state index < -0.39 is 0 Å². The van der Waals surface area contributed by atoms with Gasteiger partial charge < -0.3 is 14.8 Å². The lowest BCUT2D eigenvalue weighted by Gasteiger charge is -2.32. The van der Waals surface area contributed by atoms with E-state index in [0.29, 0.717) is 12.0 Å². The fourth-order valence-corrected chi connectivity index (χ4v) is 3.46. The third-order valence-electron chi connectivity index (χ3n) is 4.73. The van der Waals surface area contributed by atoms with Crippen molar-refractivity contribution in [3.05, 3.63) is 47.6 Å². The van der Waals surface area contributed by atoms with Gasteiger partial charge in [0.15, 0.2) is 0 Å². The van der Waals surface area contributed by atoms with Gasteiger partial charge in [-0.2, -0.15) is 0 Å². The third kappa shape index (κ3) is 2.75. The van der Waals surface area contributed by atoms with Crippen LogP contribution in [0.1, 0.15) is 19.3 Å². The summed E-state index contributed by atoms with van der Waals surface area (Å²) in [7, 11) is 0. The molecular weight excluding hydrogens is 276 g/mol. The van der Waals surface area contributed by atoms with Crippen molar-refractivity contribution in [2.75, 3.05) is 19.7 Å². The first-order valence-electron chi connectivity index (χ1n) is 8.22. The summed E-state index contributed by atoms with van der Waals surface area (Å²) in [4.78, 5) is 4.32. The topological polar surface area (TPSA) is 42.9 Å². The van der Waals surface area contributed by atoms with Gasteiger partial charge in [-0.3, -0.25) is 4.99 Å². The van der Waals surface area contributed by atoms with Crippen LogP contribution >= 0.6 is 0 Å². The summed E-state index contributed by atoms with van der Waals surface area (Å²) in [5, 5.41) is 3.39. The molecule has 1 fully saturated rings. The first-order valence-corrected chi connectivity index (χ1v) is 8.22. The largest absolute Gasteiger partial charge is 0.501 e. The molecule has 0 aromatic rings. The molecule has 3 aliphatic heterocycles. The number of ether oxygens (including phenoxy) is 2. The first-order chi connectivity index (χ1) is 10.9. The number of nitrogens with one attached hydrogen (secondary N) is 1. The number of fused-ring (bicyclic) bond motifs is 1. The van der Waals surface area contributed by atoms with Crippen LogP contribution in [0.2, 0.25) is 0 Å². The Bertz CT molecular complexity index is 580. The Balaban J connectivity index is 1.59. The number of aliphatic imine (C=N–C) groups is 1. The van der Waals surface area contributed by atoms with Crippen molar-refractivity contribution in [2.24, 2.45) is 16.8 Å². The molecule has 0 aromatic carbocycles. The molecule has 0 radical (unpaired) electrons. The summed E-state index contributed by atoms with van der Waals surface area (Å²) in [6.07, 6.45) is 16.0. The van der Waals surface area contributed by atoms with Crippen molar-refractivity contribution in [1.82, 2.24) is 5.32 Å². The van der Waals surface area contributed by atoms with Crippen LogP contribution in [0.5, 0.6) is 0 Å². The number of rotatable bonds is 3. The number of piperidine rings is 1. The van der Waals surface area contributed by atoms with Crippen LogP contribution in [0, 0.1) is 11.8 Å². The minimum absolute atomic E-state index is 0.242. The molecule has 4 rings (SSSR count). The molecule has 1 aliphatic carbocycles. The molecule has 1 N–H and O–H groups in total. The van der Waals surface area contributed by atoms with E-state index in [0.717, 1.165) is 44.7 Å². The highest BCUT2D eigenvalue weighted by atomic mass is 16.5. The van der Waals surface area contributed by atoms with Crippen LogP contribution < -0.4 is 5.32 Å². The lowest BCUT2D eigenvalue weighted by Crippen LogP contribution is -2.34. The molecule has 0 amide bonds. The quantitative estimate of drug-likeness (QED) is 0.871. The molecule has 1 saturated heterocycles. The van der Waals surface area contributed by atoms with Gasteiger partial charge in [-0.05, 0) is 43.2 Å². The number of allylic oxidation sites excluding steroid dienone is 5. The van der Waals surface area contributed by atoms with Crippen molar-refractivity contribution in [3.8, 4) is 0 Å². The monoisotopic (exact) mass is 298 g/mol. The molecule has 2 atom stereocenters. The first kappa shape index (κ1) is 13.8. The van der Waals surface area contributed by atoms with E-state index >= 15 is 0 Å². The molecule has 4 heteroatoms. The van der Waals surface area contributed by atoms with Gasteiger partial charge in [0.2, 0.25) is 0 Å². The summed E-state index contributed by atoms with van der Waals surface area (Å²) in [6, 6.07) is 0. The second kappa shape index (κ2) is 6.13. The zero-order valence-electron chi connectivity index (χ0n) is 12.7. The molecule has 2 unspecified atom stereocenters. The maximum absolute atomic E-state index is 6.38. The molecule has 0 aromatic heterocycles. The fraction of sp³-hybridized carbons (Fsp3) is 0.500. The highest BCUT2D eigenvalue weighted by Crippen LogP contribution is 2.36. The molecule has 4 aliphatic rings. The Hall–Kier alpha value is -1.81. The highest BCUT2D eigenvalue weighted by Gasteiger charge is 2.30. The molecule has 116 valence electrons. The fourth-order valence-electron chi connectivity index (χ4n) is 3.46. The molecule has 22 heavy (non-hydrogen) atoms. The van der Waals surface area contributed by atoms with Crippen molar-refractivity contribution >= 4 is 6.21 Å². The average Bonchev–Trinajstić information content (AvgIpc) is 3.10. The van der Waals surface area contributed by atoms with Crippen LogP contribution in [-0.2, 0) is 9.47 Å². The van der Waals surface area contributed by atoms with Crippen LogP contribution in [0.3, 0.4) is 0 Å². The second-order valence-corrected chi connectivity index (χ2v) is 6.24. The highest BCUT2D eigenvalue weighted by molar-refractivity contribution is 5.70. The van der Waals surface area contributed by atoms with Gasteiger partial charge in [0.1, 0.15) is 11.9 Å². The van der Waals surface area contributed by atoms with Crippen LogP contribution in [0.25, 0.3) is 0 Å². The van der Waals surface area contributed by atoms with E-state index in [9.17, 15) is 0 Å². The maximum Gasteiger partial charge on any atom is 0.106 e. The molecule has 0 spiro atoms. The van der Waals surface area contributed by atoms with Gasteiger partial charge in [-0.15, -0.1) is 0 Å². The van der Waals surface area contributed by atoms with Crippen molar-refractivity contribution in [2.45, 2.75) is 25.4 Å². The number of hydrogen-bond acceptors (Lipinski definition) is 4. The summed E-state index contributed by atoms with van der Waals surface area (Å²) < 4.78 is 11.8. The predicted molar refractivity (Wildman–Crippen MR) is 86.4 cm³/mol. The maximum atomic E-state index is 6.38. The second-order valence-electron chi connectivity index (χ2n) is 6.24. The third-order valence-corrected chi connectivity index (χ3v) is 4.73. The van der Waals surface area contributed by atoms with Gasteiger partial charge in [0, 0.05) is 24.8 Å². The van der Waals surface area contributed by atoms with E-state index in [4.69, 9.17) is 9.47 Å². The minimum atomic E-state index is 0.242. The predicted octanol–water partition coefficient (Wildman–Crippen LogP) is 2.71. The summed E-state index contributed by atoms with van der Waals surface area (Å²) >= 11 is 0. The van der Waals surface area contributed by atoms with Gasteiger partial charge in [0.05, 0.1) is 18.8 Å². The van der Waals surface area contributed by atoms with Gasteiger partial charge in [0.25, 0.3) is 0 Å². The Morgan fingerprint density at radius 2 is 2.18 bits per heavy atom. The van der Waals surface area contributed by atoms with Gasteiger partial charge in [-0.1, -0.05) is 12.2 Å². The molecule has 0 saturated carbocycles. The van der Waals surface area contributed by atoms with Crippen molar-refractivity contribution < 1.29 is 9.47 Å². The van der Waals surface area contributed by atoms with Crippen LogP contribution in [-0.4, -0.2) is 32.0 Å². The minimum Gasteiger partial charge on any atom is -0.501 e. The number of hydrogen-bond donors (Lipinski definition) is 1. The normalized spacial score (nSPS) is 31.0. The standard InChI is InChI=1S/C18H22N2O2/c1-5-20-11-17-13(1)9-15(14-4-8-21-12-14)10-18(17)22-16-2-6-19-7-3-16/h1,5,9-13,16-17,19H,2-4,6-8H2. The summed E-state index contributed by atoms with van der Waals surface area (Å²) in [5.74, 6) is 1.65. The van der Waals surface area contributed by atoms with Crippen LogP contribution in [0.4, 0.5) is 0 Å². The van der Waals surface area contributed by atoms with Crippen molar-refractivity contribution in [1.29, 1.82) is 0 Å². The Morgan fingerprint density at radius 3 is 3.00 bits per heavy atom. The Labute approximate surface area is 131 Å². The summed E-state index contributed by atoms with van der Waals surface area (Å²) in [5.41, 5.74) is 2.53. The lowest BCUT2D eigenvalue weighted by molar-refractivity contribution is 0.0730. The van der Waals surface area contributed by atoms with Gasteiger partial charge >= 0.3 is 0 Å². The Kier molecular flexibility index (Phi) is 3.85. The smallest absolute Gasteiger partial charge is 0.106 e. The SMILES string of the molecule is C1=CC2C=C(C3=COCC3)C=C(OC3CCNCC3)C2C=N1. The van der Waals surface area contributed by atoms with E-state index in [1.54, 1.807) is 0 Å². The average molecular weight is 298 g/mol. The van der Waals surface area contributed by atoms with Crippen molar-refractivity contribution in [3.63, 3.8) is 0 Å². The zero-order valence-corrected chi connectivity index (χ0v) is 12.7. The van der Waals surface area contributed by atoms with E-state index in [1.165, 1.54) is 11.1 Å². The zero-order chi connectivity index (χ0) is 14.8. The molecule has 3 heterocycles. The number of nitrogens with zero attached hydrogens (tertiary/aromatic N) is 1. The molecule has 0 bridgehead atoms. The molecule has 4 nitrogen and oxygen atoms in total. The van der Waals surface area contributed by atoms with E-state index in [1.807, 2.05) is 18.7 Å². The Morgan fingerprint density at radius 1 is 1.27 bits per heavy atom. The van der Waals surface area contributed by atoms with Crippen LogP contribution in [0.15, 0.2) is 52.6 Å². The summed E-state index contributed by atoms with van der Waals surface area (Å²) in [6.45, 7) is 2.87.